The molecule has 5 heteroatoms. The number of oxazole rings is 1. The van der Waals surface area contributed by atoms with Gasteiger partial charge in [-0.3, -0.25) is 9.78 Å². The minimum atomic E-state index is -0.859. The van der Waals surface area contributed by atoms with Crippen molar-refractivity contribution in [1.82, 2.24) is 9.97 Å². The van der Waals surface area contributed by atoms with Gasteiger partial charge in [0.2, 0.25) is 5.89 Å². The van der Waals surface area contributed by atoms with Crippen molar-refractivity contribution in [2.75, 3.05) is 0 Å². The SMILES string of the molecule is CC(C(=O)O)c1ccc2oc(-c3ccncc3)nc2c1. The summed E-state index contributed by atoms with van der Waals surface area (Å²) in [6.07, 6.45) is 3.34. The zero-order valence-corrected chi connectivity index (χ0v) is 10.8. The van der Waals surface area contributed by atoms with Gasteiger partial charge in [-0.25, -0.2) is 4.98 Å². The first-order valence-corrected chi connectivity index (χ1v) is 6.19. The van der Waals surface area contributed by atoms with Gasteiger partial charge in [0.15, 0.2) is 5.58 Å². The van der Waals surface area contributed by atoms with E-state index >= 15 is 0 Å². The highest BCUT2D eigenvalue weighted by Crippen LogP contribution is 2.26. The maximum absolute atomic E-state index is 11.0. The van der Waals surface area contributed by atoms with E-state index in [0.717, 1.165) is 5.56 Å². The summed E-state index contributed by atoms with van der Waals surface area (Å²) >= 11 is 0. The Morgan fingerprint density at radius 1 is 1.25 bits per heavy atom. The van der Waals surface area contributed by atoms with Crippen LogP contribution in [0.3, 0.4) is 0 Å². The molecule has 100 valence electrons. The molecule has 0 spiro atoms. The minimum absolute atomic E-state index is 0.502. The van der Waals surface area contributed by atoms with Gasteiger partial charge < -0.3 is 9.52 Å². The molecule has 0 aliphatic rings. The van der Waals surface area contributed by atoms with Crippen LogP contribution >= 0.6 is 0 Å². The van der Waals surface area contributed by atoms with Crippen LogP contribution in [0.2, 0.25) is 0 Å². The summed E-state index contributed by atoms with van der Waals surface area (Å²) in [7, 11) is 0. The second-order valence-corrected chi connectivity index (χ2v) is 4.54. The first kappa shape index (κ1) is 12.3. The van der Waals surface area contributed by atoms with Crippen molar-refractivity contribution in [3.05, 3.63) is 48.3 Å². The molecule has 1 unspecified atom stereocenters. The summed E-state index contributed by atoms with van der Waals surface area (Å²) in [5, 5.41) is 9.04. The van der Waals surface area contributed by atoms with Crippen molar-refractivity contribution in [1.29, 1.82) is 0 Å². The summed E-state index contributed by atoms with van der Waals surface area (Å²) < 4.78 is 5.66. The van der Waals surface area contributed by atoms with Crippen LogP contribution in [0.5, 0.6) is 0 Å². The van der Waals surface area contributed by atoms with Crippen LogP contribution in [0, 0.1) is 0 Å². The van der Waals surface area contributed by atoms with E-state index in [1.54, 1.807) is 37.5 Å². The predicted molar refractivity (Wildman–Crippen MR) is 73.3 cm³/mol. The summed E-state index contributed by atoms with van der Waals surface area (Å²) in [5.74, 6) is -0.926. The van der Waals surface area contributed by atoms with Crippen LogP contribution in [0.15, 0.2) is 47.1 Å². The van der Waals surface area contributed by atoms with E-state index in [2.05, 4.69) is 9.97 Å². The topological polar surface area (TPSA) is 76.2 Å². The third kappa shape index (κ3) is 2.14. The molecule has 1 aromatic carbocycles. The Morgan fingerprint density at radius 3 is 2.70 bits per heavy atom. The molecule has 0 bridgehead atoms. The molecule has 0 radical (unpaired) electrons. The lowest BCUT2D eigenvalue weighted by Gasteiger charge is -2.04. The Hall–Kier alpha value is -2.69. The molecule has 3 aromatic rings. The van der Waals surface area contributed by atoms with Crippen molar-refractivity contribution in [2.24, 2.45) is 0 Å². The van der Waals surface area contributed by atoms with E-state index in [9.17, 15) is 4.79 Å². The smallest absolute Gasteiger partial charge is 0.310 e. The molecule has 0 aliphatic carbocycles. The van der Waals surface area contributed by atoms with E-state index in [0.29, 0.717) is 22.6 Å². The van der Waals surface area contributed by atoms with Crippen LogP contribution in [0.1, 0.15) is 18.4 Å². The van der Waals surface area contributed by atoms with Gasteiger partial charge in [-0.2, -0.15) is 0 Å². The monoisotopic (exact) mass is 268 g/mol. The van der Waals surface area contributed by atoms with Gasteiger partial charge in [-0.1, -0.05) is 6.07 Å². The lowest BCUT2D eigenvalue weighted by atomic mass is 10.0. The number of carboxylic acid groups (broad SMARTS) is 1. The maximum Gasteiger partial charge on any atom is 0.310 e. The highest BCUT2D eigenvalue weighted by Gasteiger charge is 2.16. The third-order valence-corrected chi connectivity index (χ3v) is 3.21. The van der Waals surface area contributed by atoms with E-state index in [1.165, 1.54) is 0 Å². The zero-order valence-electron chi connectivity index (χ0n) is 10.8. The van der Waals surface area contributed by atoms with Crippen molar-refractivity contribution in [3.8, 4) is 11.5 Å². The molecule has 2 aromatic heterocycles. The average molecular weight is 268 g/mol. The number of aromatic nitrogens is 2. The first-order chi connectivity index (χ1) is 9.65. The Kier molecular flexibility index (Phi) is 2.95. The largest absolute Gasteiger partial charge is 0.481 e. The van der Waals surface area contributed by atoms with E-state index in [4.69, 9.17) is 9.52 Å². The second kappa shape index (κ2) is 4.77. The molecular weight excluding hydrogens is 256 g/mol. The Labute approximate surface area is 114 Å². The van der Waals surface area contributed by atoms with Gasteiger partial charge in [0.25, 0.3) is 0 Å². The van der Waals surface area contributed by atoms with Crippen molar-refractivity contribution in [3.63, 3.8) is 0 Å². The summed E-state index contributed by atoms with van der Waals surface area (Å²) in [6.45, 7) is 1.65. The fourth-order valence-electron chi connectivity index (χ4n) is 1.97. The number of fused-ring (bicyclic) bond motifs is 1. The minimum Gasteiger partial charge on any atom is -0.481 e. The molecule has 5 nitrogen and oxygen atoms in total. The fourth-order valence-corrected chi connectivity index (χ4v) is 1.97. The number of nitrogens with zero attached hydrogens (tertiary/aromatic N) is 2. The lowest BCUT2D eigenvalue weighted by Crippen LogP contribution is -2.06. The number of hydrogen-bond donors (Lipinski definition) is 1. The quantitative estimate of drug-likeness (QED) is 0.790. The van der Waals surface area contributed by atoms with Crippen LogP contribution in [-0.4, -0.2) is 21.0 Å². The molecule has 0 saturated carbocycles. The molecular formula is C15H12N2O3. The summed E-state index contributed by atoms with van der Waals surface area (Å²) in [5.41, 5.74) is 2.84. The number of aliphatic carboxylic acids is 1. The highest BCUT2D eigenvalue weighted by molar-refractivity contribution is 5.81. The van der Waals surface area contributed by atoms with Gasteiger partial charge in [-0.15, -0.1) is 0 Å². The third-order valence-electron chi connectivity index (χ3n) is 3.21. The van der Waals surface area contributed by atoms with Gasteiger partial charge >= 0.3 is 5.97 Å². The van der Waals surface area contributed by atoms with Gasteiger partial charge in [0.1, 0.15) is 5.52 Å². The molecule has 0 aliphatic heterocycles. The normalized spacial score (nSPS) is 12.4. The second-order valence-electron chi connectivity index (χ2n) is 4.54. The number of benzene rings is 1. The zero-order chi connectivity index (χ0) is 14.1. The molecule has 20 heavy (non-hydrogen) atoms. The number of carbonyl (C=O) groups is 1. The standard InChI is InChI=1S/C15H12N2O3/c1-9(15(18)19)11-2-3-13-12(8-11)17-14(20-13)10-4-6-16-7-5-10/h2-9H,1H3,(H,18,19). The number of hydrogen-bond acceptors (Lipinski definition) is 4. The van der Waals surface area contributed by atoms with Crippen molar-refractivity contribution < 1.29 is 14.3 Å². The molecule has 0 amide bonds. The van der Waals surface area contributed by atoms with E-state index in [1.807, 2.05) is 12.1 Å². The van der Waals surface area contributed by atoms with E-state index < -0.39 is 11.9 Å². The Bertz CT molecular complexity index is 765. The molecule has 3 rings (SSSR count). The average Bonchev–Trinajstić information content (AvgIpc) is 2.90. The van der Waals surface area contributed by atoms with E-state index in [-0.39, 0.29) is 0 Å². The van der Waals surface area contributed by atoms with Crippen molar-refractivity contribution in [2.45, 2.75) is 12.8 Å². The van der Waals surface area contributed by atoms with Crippen LogP contribution in [0.4, 0.5) is 0 Å². The van der Waals surface area contributed by atoms with Crippen LogP contribution in [0.25, 0.3) is 22.6 Å². The van der Waals surface area contributed by atoms with Crippen LogP contribution < -0.4 is 0 Å². The number of carboxylic acids is 1. The van der Waals surface area contributed by atoms with Gasteiger partial charge in [-0.05, 0) is 36.8 Å². The van der Waals surface area contributed by atoms with Crippen LogP contribution in [-0.2, 0) is 4.79 Å². The Balaban J connectivity index is 2.06. The maximum atomic E-state index is 11.0. The number of pyridine rings is 1. The first-order valence-electron chi connectivity index (χ1n) is 6.19. The van der Waals surface area contributed by atoms with Gasteiger partial charge in [0, 0.05) is 18.0 Å². The molecule has 1 N–H and O–H groups in total. The molecule has 0 fully saturated rings. The number of rotatable bonds is 3. The fraction of sp³-hybridized carbons (Fsp3) is 0.133. The Morgan fingerprint density at radius 2 is 2.00 bits per heavy atom. The predicted octanol–water partition coefficient (Wildman–Crippen LogP) is 3.08. The molecule has 2 heterocycles. The lowest BCUT2D eigenvalue weighted by molar-refractivity contribution is -0.138. The van der Waals surface area contributed by atoms with Gasteiger partial charge in [0.05, 0.1) is 5.92 Å². The summed E-state index contributed by atoms with van der Waals surface area (Å²) in [6, 6.07) is 8.88. The highest BCUT2D eigenvalue weighted by atomic mass is 16.4. The summed E-state index contributed by atoms with van der Waals surface area (Å²) in [4.78, 5) is 19.4. The molecule has 1 atom stereocenters. The van der Waals surface area contributed by atoms with Crippen molar-refractivity contribution >= 4 is 17.1 Å². The molecule has 0 saturated heterocycles.